The van der Waals surface area contributed by atoms with Crippen LogP contribution in [0.2, 0.25) is 5.02 Å². The Hall–Kier alpha value is -3.29. The van der Waals surface area contributed by atoms with Crippen LogP contribution >= 0.6 is 27.5 Å². The summed E-state index contributed by atoms with van der Waals surface area (Å²) in [6.07, 6.45) is 1.36. The number of aliphatic carboxylic acids is 1. The van der Waals surface area contributed by atoms with E-state index in [-0.39, 0.29) is 5.70 Å². The average Bonchev–Trinajstić information content (AvgIpc) is 2.77. The van der Waals surface area contributed by atoms with Crippen molar-refractivity contribution in [2.45, 2.75) is 19.4 Å². The number of carboxylic acid groups (broad SMARTS) is 1. The van der Waals surface area contributed by atoms with Crippen LogP contribution < -0.4 is 14.8 Å². The van der Waals surface area contributed by atoms with Gasteiger partial charge < -0.3 is 19.9 Å². The van der Waals surface area contributed by atoms with E-state index in [0.29, 0.717) is 27.8 Å². The van der Waals surface area contributed by atoms with Gasteiger partial charge >= 0.3 is 5.97 Å². The van der Waals surface area contributed by atoms with Gasteiger partial charge in [0.1, 0.15) is 22.9 Å². The number of carbonyl (C=O) groups is 2. The van der Waals surface area contributed by atoms with Crippen molar-refractivity contribution in [3.8, 4) is 17.2 Å². The molecule has 0 aliphatic carbocycles. The van der Waals surface area contributed by atoms with Gasteiger partial charge in [0.15, 0.2) is 5.60 Å². The molecule has 3 aromatic carbocycles. The Bertz CT molecular complexity index is 1170. The zero-order chi connectivity index (χ0) is 24.0. The van der Waals surface area contributed by atoms with Crippen LogP contribution in [0.1, 0.15) is 19.4 Å². The molecule has 6 nitrogen and oxygen atoms in total. The fourth-order valence-corrected chi connectivity index (χ4v) is 3.21. The molecule has 0 spiro atoms. The van der Waals surface area contributed by atoms with Gasteiger partial charge in [-0.25, -0.2) is 4.79 Å². The van der Waals surface area contributed by atoms with Crippen molar-refractivity contribution >= 4 is 45.5 Å². The van der Waals surface area contributed by atoms with Crippen LogP contribution in [0.25, 0.3) is 6.08 Å². The molecule has 0 aliphatic heterocycles. The summed E-state index contributed by atoms with van der Waals surface area (Å²) in [6.45, 7) is 3.09. The first kappa shape index (κ1) is 24.4. The molecule has 0 aliphatic rings. The van der Waals surface area contributed by atoms with Crippen LogP contribution in [0.3, 0.4) is 0 Å². The normalized spacial score (nSPS) is 11.6. The Labute approximate surface area is 204 Å². The van der Waals surface area contributed by atoms with Gasteiger partial charge in [0.2, 0.25) is 0 Å². The third kappa shape index (κ3) is 6.84. The van der Waals surface area contributed by atoms with E-state index in [9.17, 15) is 14.7 Å². The molecule has 0 atom stereocenters. The van der Waals surface area contributed by atoms with E-state index in [1.165, 1.54) is 6.08 Å². The molecule has 0 heterocycles. The number of halogens is 2. The first-order valence-corrected chi connectivity index (χ1v) is 11.0. The highest BCUT2D eigenvalue weighted by Crippen LogP contribution is 2.29. The number of hydrogen-bond donors (Lipinski definition) is 2. The van der Waals surface area contributed by atoms with Crippen LogP contribution in [0.15, 0.2) is 83.0 Å². The number of ether oxygens (including phenoxy) is 2. The molecule has 0 saturated heterocycles. The van der Waals surface area contributed by atoms with Crippen molar-refractivity contribution in [2.75, 3.05) is 0 Å². The minimum absolute atomic E-state index is 0.285. The van der Waals surface area contributed by atoms with Crippen molar-refractivity contribution in [1.82, 2.24) is 5.32 Å². The van der Waals surface area contributed by atoms with Crippen LogP contribution in [0.5, 0.6) is 17.2 Å². The average molecular weight is 531 g/mol. The highest BCUT2D eigenvalue weighted by atomic mass is 79.9. The number of amides is 1. The van der Waals surface area contributed by atoms with Gasteiger partial charge in [-0.1, -0.05) is 35.9 Å². The van der Waals surface area contributed by atoms with E-state index in [2.05, 4.69) is 21.2 Å². The molecular formula is C25H21BrClNO5. The molecule has 0 saturated carbocycles. The summed E-state index contributed by atoms with van der Waals surface area (Å²) in [5.74, 6) is -0.222. The van der Waals surface area contributed by atoms with Gasteiger partial charge in [-0.3, -0.25) is 4.79 Å². The molecule has 170 valence electrons. The fourth-order valence-electron chi connectivity index (χ4n) is 2.72. The number of carbonyl (C=O) groups excluding carboxylic acids is 1. The lowest BCUT2D eigenvalue weighted by Crippen LogP contribution is -2.47. The Morgan fingerprint density at radius 1 is 0.970 bits per heavy atom. The van der Waals surface area contributed by atoms with E-state index in [1.807, 2.05) is 24.3 Å². The second-order valence-corrected chi connectivity index (χ2v) is 8.78. The Kier molecular flexibility index (Phi) is 7.79. The summed E-state index contributed by atoms with van der Waals surface area (Å²) in [4.78, 5) is 24.5. The molecule has 0 aromatic heterocycles. The van der Waals surface area contributed by atoms with E-state index in [1.54, 1.807) is 62.4 Å². The molecule has 8 heteroatoms. The first-order chi connectivity index (χ1) is 15.6. The summed E-state index contributed by atoms with van der Waals surface area (Å²) in [7, 11) is 0. The zero-order valence-electron chi connectivity index (χ0n) is 17.8. The molecular weight excluding hydrogens is 510 g/mol. The van der Waals surface area contributed by atoms with Crippen LogP contribution in [0.4, 0.5) is 0 Å². The second kappa shape index (κ2) is 10.6. The van der Waals surface area contributed by atoms with Crippen LogP contribution in [0, 0.1) is 0 Å². The number of hydrogen-bond acceptors (Lipinski definition) is 4. The summed E-state index contributed by atoms with van der Waals surface area (Å²) in [5.41, 5.74) is -1.04. The third-order valence-electron chi connectivity index (χ3n) is 4.47. The van der Waals surface area contributed by atoms with E-state index < -0.39 is 17.5 Å². The summed E-state index contributed by atoms with van der Waals surface area (Å²) >= 11 is 9.29. The Morgan fingerprint density at radius 2 is 1.58 bits per heavy atom. The second-order valence-electron chi connectivity index (χ2n) is 7.49. The van der Waals surface area contributed by atoms with Gasteiger partial charge in [0.25, 0.3) is 5.91 Å². The zero-order valence-corrected chi connectivity index (χ0v) is 20.2. The van der Waals surface area contributed by atoms with Crippen LogP contribution in [-0.4, -0.2) is 22.6 Å². The number of para-hydroxylation sites is 1. The van der Waals surface area contributed by atoms with Gasteiger partial charge in [-0.15, -0.1) is 0 Å². The summed E-state index contributed by atoms with van der Waals surface area (Å²) < 4.78 is 12.3. The monoisotopic (exact) mass is 529 g/mol. The molecule has 3 aromatic rings. The summed E-state index contributed by atoms with van der Waals surface area (Å²) in [6, 6.07) is 20.8. The number of benzene rings is 3. The molecule has 0 radical (unpaired) electrons. The highest BCUT2D eigenvalue weighted by molar-refractivity contribution is 9.10. The van der Waals surface area contributed by atoms with Crippen molar-refractivity contribution in [3.63, 3.8) is 0 Å². The highest BCUT2D eigenvalue weighted by Gasteiger charge is 2.31. The number of rotatable bonds is 8. The minimum atomic E-state index is -1.33. The molecule has 2 N–H and O–H groups in total. The maximum atomic E-state index is 12.7. The smallest absolute Gasteiger partial charge is 0.352 e. The fraction of sp³-hybridized carbons (Fsp3) is 0.120. The third-order valence-corrected chi connectivity index (χ3v) is 5.37. The molecule has 0 fully saturated rings. The van der Waals surface area contributed by atoms with Gasteiger partial charge in [-0.2, -0.15) is 0 Å². The first-order valence-electron chi connectivity index (χ1n) is 9.87. The van der Waals surface area contributed by atoms with Crippen molar-refractivity contribution in [1.29, 1.82) is 0 Å². The van der Waals surface area contributed by atoms with Crippen molar-refractivity contribution < 1.29 is 24.2 Å². The predicted molar refractivity (Wildman–Crippen MR) is 131 cm³/mol. The van der Waals surface area contributed by atoms with E-state index >= 15 is 0 Å². The van der Waals surface area contributed by atoms with E-state index in [0.717, 1.165) is 4.47 Å². The molecule has 3 rings (SSSR count). The lowest BCUT2D eigenvalue weighted by Gasteiger charge is -2.25. The van der Waals surface area contributed by atoms with Gasteiger partial charge in [0, 0.05) is 5.02 Å². The lowest BCUT2D eigenvalue weighted by atomic mass is 10.1. The number of nitrogens with one attached hydrogen (secondary N) is 1. The molecule has 33 heavy (non-hydrogen) atoms. The quantitative estimate of drug-likeness (QED) is 0.334. The summed E-state index contributed by atoms with van der Waals surface area (Å²) in [5, 5.41) is 12.5. The van der Waals surface area contributed by atoms with Crippen molar-refractivity contribution in [3.05, 3.63) is 93.6 Å². The minimum Gasteiger partial charge on any atom is -0.478 e. The van der Waals surface area contributed by atoms with Crippen LogP contribution in [-0.2, 0) is 9.59 Å². The molecule has 0 bridgehead atoms. The van der Waals surface area contributed by atoms with E-state index in [4.69, 9.17) is 21.1 Å². The molecule has 1 amide bonds. The predicted octanol–water partition coefficient (Wildman–Crippen LogP) is 6.29. The van der Waals surface area contributed by atoms with Crippen molar-refractivity contribution in [2.24, 2.45) is 0 Å². The Morgan fingerprint density at radius 3 is 2.18 bits per heavy atom. The molecule has 0 unspecified atom stereocenters. The maximum absolute atomic E-state index is 12.7. The standard InChI is InChI=1S/C25H21BrClNO5/c1-25(2,33-19-13-9-17(27)10-14-19)24(31)28-21(23(29)30)15-16-7-11-18(12-8-16)32-22-6-4-3-5-20(22)26/h3-15H,1-2H3,(H,28,31)(H,29,30)/b21-15+. The van der Waals surface area contributed by atoms with Gasteiger partial charge in [0.05, 0.1) is 4.47 Å². The Balaban J connectivity index is 1.71. The topological polar surface area (TPSA) is 84.9 Å². The number of carboxylic acids is 1. The largest absolute Gasteiger partial charge is 0.478 e. The SMILES string of the molecule is CC(C)(Oc1ccc(Cl)cc1)C(=O)N/C(=C/c1ccc(Oc2ccccc2Br)cc1)C(=O)O. The van der Waals surface area contributed by atoms with Gasteiger partial charge in [-0.05, 0) is 89.9 Å². The lowest BCUT2D eigenvalue weighted by molar-refractivity contribution is -0.138. The maximum Gasteiger partial charge on any atom is 0.352 e.